The number of methoxy groups -OCH3 is 1. The van der Waals surface area contributed by atoms with E-state index in [1.165, 1.54) is 19.2 Å². The smallest absolute Gasteiger partial charge is 0.248 e. The van der Waals surface area contributed by atoms with E-state index < -0.39 is 11.6 Å². The molecule has 1 saturated heterocycles. The van der Waals surface area contributed by atoms with E-state index in [2.05, 4.69) is 10.2 Å². The van der Waals surface area contributed by atoms with E-state index in [0.717, 1.165) is 23.3 Å². The van der Waals surface area contributed by atoms with Crippen LogP contribution in [0, 0.1) is 11.6 Å². The first-order valence-corrected chi connectivity index (χ1v) is 11.6. The maximum Gasteiger partial charge on any atom is 0.248 e. The van der Waals surface area contributed by atoms with Crippen molar-refractivity contribution in [3.05, 3.63) is 41.2 Å². The van der Waals surface area contributed by atoms with Crippen LogP contribution < -0.4 is 15.0 Å². The van der Waals surface area contributed by atoms with Gasteiger partial charge in [-0.25, -0.2) is 18.7 Å². The number of nitrogens with zero attached hydrogens (tertiary/aromatic N) is 4. The molecule has 2 aromatic rings. The Balaban J connectivity index is 1.47. The van der Waals surface area contributed by atoms with Crippen molar-refractivity contribution in [2.45, 2.75) is 51.8 Å². The average molecular weight is 476 g/mol. The summed E-state index contributed by atoms with van der Waals surface area (Å²) in [5, 5.41) is 3.39. The molecule has 1 aromatic heterocycles. The monoisotopic (exact) mass is 475 g/mol. The number of hydrogen-bond acceptors (Lipinski definition) is 7. The fraction of sp³-hybridized carbons (Fsp3) is 0.542. The molecule has 0 unspecified atom stereocenters. The summed E-state index contributed by atoms with van der Waals surface area (Å²) >= 11 is 0. The molecule has 10 heteroatoms. The topological polar surface area (TPSA) is 79.8 Å². The quantitative estimate of drug-likeness (QED) is 0.659. The van der Waals surface area contributed by atoms with Gasteiger partial charge in [0.15, 0.2) is 23.2 Å². The summed E-state index contributed by atoms with van der Waals surface area (Å²) in [6.07, 6.45) is 1.82. The molecule has 8 nitrogen and oxygen atoms in total. The van der Waals surface area contributed by atoms with Gasteiger partial charge in [-0.05, 0) is 26.0 Å². The number of amides is 1. The molecule has 0 saturated carbocycles. The number of carbonyl (C=O) groups excluding carboxylic acids is 1. The van der Waals surface area contributed by atoms with Crippen molar-refractivity contribution in [3.8, 4) is 5.75 Å². The summed E-state index contributed by atoms with van der Waals surface area (Å²) in [5.41, 5.74) is 1.70. The lowest BCUT2D eigenvalue weighted by atomic mass is 10.1. The number of benzene rings is 1. The van der Waals surface area contributed by atoms with Gasteiger partial charge in [-0.3, -0.25) is 4.79 Å². The molecule has 2 aliphatic rings. The number of halogens is 2. The molecule has 0 atom stereocenters. The lowest BCUT2D eigenvalue weighted by molar-refractivity contribution is -0.136. The van der Waals surface area contributed by atoms with Crippen molar-refractivity contribution >= 4 is 17.5 Å². The Hall–Kier alpha value is -3.01. The number of fused-ring (bicyclic) bond motifs is 1. The Bertz CT molecular complexity index is 1030. The maximum atomic E-state index is 14.0. The van der Waals surface area contributed by atoms with Crippen molar-refractivity contribution < 1.29 is 23.0 Å². The highest BCUT2D eigenvalue weighted by atomic mass is 19.1. The molecule has 1 fully saturated rings. The van der Waals surface area contributed by atoms with E-state index >= 15 is 0 Å². The van der Waals surface area contributed by atoms with E-state index in [9.17, 15) is 13.6 Å². The van der Waals surface area contributed by atoms with Crippen molar-refractivity contribution in [1.29, 1.82) is 0 Å². The first-order chi connectivity index (χ1) is 16.3. The molecule has 1 amide bonds. The average Bonchev–Trinajstić information content (AvgIpc) is 2.80. The summed E-state index contributed by atoms with van der Waals surface area (Å²) < 4.78 is 37.9. The minimum atomic E-state index is -0.690. The molecule has 0 aliphatic carbocycles. The van der Waals surface area contributed by atoms with Crippen molar-refractivity contribution in [1.82, 2.24) is 14.9 Å². The van der Waals surface area contributed by atoms with Crippen LogP contribution >= 0.6 is 0 Å². The second-order valence-corrected chi connectivity index (χ2v) is 8.97. The number of carbonyl (C=O) groups is 1. The van der Waals surface area contributed by atoms with E-state index in [-0.39, 0.29) is 30.4 Å². The zero-order valence-electron chi connectivity index (χ0n) is 19.8. The van der Waals surface area contributed by atoms with Gasteiger partial charge in [0.05, 0.1) is 17.9 Å². The zero-order chi connectivity index (χ0) is 24.2. The number of piperidine rings is 1. The maximum absolute atomic E-state index is 14.0. The van der Waals surface area contributed by atoms with Crippen LogP contribution in [-0.4, -0.2) is 66.3 Å². The van der Waals surface area contributed by atoms with Crippen LogP contribution in [0.15, 0.2) is 18.2 Å². The fourth-order valence-electron chi connectivity index (χ4n) is 4.28. The molecule has 1 N–H and O–H groups in total. The van der Waals surface area contributed by atoms with Crippen LogP contribution in [0.3, 0.4) is 0 Å². The Morgan fingerprint density at radius 3 is 2.62 bits per heavy atom. The SMILES string of the molecule is COCC(=O)N1CCc2nc(N3CCC(Oc4ccc(F)cc4F)CC3)c(NC(C)C)nc2C1. The Labute approximate surface area is 198 Å². The molecule has 2 aliphatic heterocycles. The van der Waals surface area contributed by atoms with Crippen LogP contribution in [-0.2, 0) is 22.5 Å². The van der Waals surface area contributed by atoms with Crippen LogP contribution in [0.4, 0.5) is 20.4 Å². The van der Waals surface area contributed by atoms with Gasteiger partial charge in [-0.15, -0.1) is 0 Å². The number of ether oxygens (including phenoxy) is 2. The molecule has 34 heavy (non-hydrogen) atoms. The van der Waals surface area contributed by atoms with Crippen molar-refractivity contribution in [2.75, 3.05) is 43.6 Å². The minimum absolute atomic E-state index is 0.0524. The van der Waals surface area contributed by atoms with Crippen LogP contribution in [0.2, 0.25) is 0 Å². The third kappa shape index (κ3) is 5.55. The Kier molecular flexibility index (Phi) is 7.45. The summed E-state index contributed by atoms with van der Waals surface area (Å²) in [4.78, 5) is 26.0. The first kappa shape index (κ1) is 24.1. The van der Waals surface area contributed by atoms with Gasteiger partial charge >= 0.3 is 0 Å². The van der Waals surface area contributed by atoms with Crippen LogP contribution in [0.1, 0.15) is 38.1 Å². The Morgan fingerprint density at radius 2 is 1.94 bits per heavy atom. The summed E-state index contributed by atoms with van der Waals surface area (Å²) in [5.74, 6) is 0.181. The largest absolute Gasteiger partial charge is 0.487 e. The highest BCUT2D eigenvalue weighted by Crippen LogP contribution is 2.30. The van der Waals surface area contributed by atoms with Gasteiger partial charge in [0, 0.05) is 58.1 Å². The predicted molar refractivity (Wildman–Crippen MR) is 124 cm³/mol. The third-order valence-corrected chi connectivity index (χ3v) is 5.97. The lowest BCUT2D eigenvalue weighted by Gasteiger charge is -2.35. The van der Waals surface area contributed by atoms with E-state index in [1.807, 2.05) is 13.8 Å². The molecule has 0 radical (unpaired) electrons. The second-order valence-electron chi connectivity index (χ2n) is 8.97. The van der Waals surface area contributed by atoms with Crippen LogP contribution in [0.25, 0.3) is 0 Å². The predicted octanol–water partition coefficient (Wildman–Crippen LogP) is 3.15. The highest BCUT2D eigenvalue weighted by molar-refractivity contribution is 5.77. The number of anilines is 2. The van der Waals surface area contributed by atoms with Gasteiger partial charge in [0.25, 0.3) is 0 Å². The minimum Gasteiger partial charge on any atom is -0.487 e. The third-order valence-electron chi connectivity index (χ3n) is 5.97. The fourth-order valence-corrected chi connectivity index (χ4v) is 4.28. The lowest BCUT2D eigenvalue weighted by Crippen LogP contribution is -2.41. The van der Waals surface area contributed by atoms with Gasteiger partial charge < -0.3 is 24.6 Å². The Morgan fingerprint density at radius 1 is 1.18 bits per heavy atom. The van der Waals surface area contributed by atoms with Gasteiger partial charge in [0.1, 0.15) is 18.5 Å². The van der Waals surface area contributed by atoms with Gasteiger partial charge in [0.2, 0.25) is 5.91 Å². The number of hydrogen-bond donors (Lipinski definition) is 1. The van der Waals surface area contributed by atoms with Crippen molar-refractivity contribution in [2.24, 2.45) is 0 Å². The molecule has 1 aromatic carbocycles. The summed E-state index contributed by atoms with van der Waals surface area (Å²) in [7, 11) is 1.51. The standard InChI is InChI=1S/C24H31F2N5O3/c1-15(2)27-23-24(29-19-8-11-31(13-20(19)28-23)22(32)14-33-3)30-9-6-17(7-10-30)34-21-5-4-16(25)12-18(21)26/h4-5,12,15,17H,6-11,13-14H2,1-3H3,(H,27,28). The molecule has 0 bridgehead atoms. The van der Waals surface area contributed by atoms with Gasteiger partial charge in [-0.1, -0.05) is 0 Å². The second kappa shape index (κ2) is 10.5. The van der Waals surface area contributed by atoms with E-state index in [4.69, 9.17) is 19.4 Å². The van der Waals surface area contributed by atoms with Crippen LogP contribution in [0.5, 0.6) is 5.75 Å². The van der Waals surface area contributed by atoms with E-state index in [1.54, 1.807) is 4.90 Å². The first-order valence-electron chi connectivity index (χ1n) is 11.6. The summed E-state index contributed by atoms with van der Waals surface area (Å²) in [6, 6.07) is 3.52. The molecule has 184 valence electrons. The van der Waals surface area contributed by atoms with Gasteiger partial charge in [-0.2, -0.15) is 0 Å². The molecular formula is C24H31F2N5O3. The molecule has 3 heterocycles. The number of rotatable bonds is 7. The summed E-state index contributed by atoms with van der Waals surface area (Å²) in [6.45, 7) is 6.47. The van der Waals surface area contributed by atoms with E-state index in [0.29, 0.717) is 51.3 Å². The highest BCUT2D eigenvalue weighted by Gasteiger charge is 2.29. The molecule has 4 rings (SSSR count). The number of nitrogens with one attached hydrogen (secondary N) is 1. The zero-order valence-corrected chi connectivity index (χ0v) is 19.8. The van der Waals surface area contributed by atoms with Crippen molar-refractivity contribution in [3.63, 3.8) is 0 Å². The molecular weight excluding hydrogens is 444 g/mol. The number of aromatic nitrogens is 2. The molecule has 0 spiro atoms. The normalized spacial score (nSPS) is 16.5.